The summed E-state index contributed by atoms with van der Waals surface area (Å²) in [7, 11) is 0. The lowest BCUT2D eigenvalue weighted by Gasteiger charge is -2.15. The van der Waals surface area contributed by atoms with Crippen LogP contribution in [0.1, 0.15) is 18.9 Å². The molecule has 1 aliphatic rings. The molecular weight excluding hydrogens is 325 g/mol. The van der Waals surface area contributed by atoms with Crippen LogP contribution in [-0.2, 0) is 11.2 Å². The predicted molar refractivity (Wildman–Crippen MR) is 90.4 cm³/mol. The third kappa shape index (κ3) is 4.62. The van der Waals surface area contributed by atoms with Crippen LogP contribution < -0.4 is 19.5 Å². The number of halogens is 1. The van der Waals surface area contributed by atoms with Crippen molar-refractivity contribution in [1.29, 1.82) is 0 Å². The first-order valence-electron chi connectivity index (χ1n) is 8.20. The zero-order chi connectivity index (χ0) is 17.6. The van der Waals surface area contributed by atoms with Crippen LogP contribution >= 0.6 is 0 Å². The highest BCUT2D eigenvalue weighted by molar-refractivity contribution is 5.80. The summed E-state index contributed by atoms with van der Waals surface area (Å²) in [6.07, 6.45) is 0.802. The number of nitrogens with one attached hydrogen (secondary N) is 1. The van der Waals surface area contributed by atoms with Gasteiger partial charge in [-0.05, 0) is 49.6 Å². The molecule has 6 heteroatoms. The standard InChI is InChI=1S/C19H20FNO4/c1-13(25-16-7-8-17-18(11-16)24-12-23-17)19(22)21-9-3-5-14-4-2-6-15(20)10-14/h2,4,6-8,10-11,13H,3,5,9,12H2,1H3,(H,21,22)/t13-/m1/s1. The zero-order valence-corrected chi connectivity index (χ0v) is 14.0. The van der Waals surface area contributed by atoms with Crippen LogP contribution in [0, 0.1) is 5.82 Å². The molecule has 5 nitrogen and oxygen atoms in total. The molecule has 3 rings (SSSR count). The van der Waals surface area contributed by atoms with Crippen molar-refractivity contribution in [3.05, 3.63) is 53.8 Å². The van der Waals surface area contributed by atoms with Crippen LogP contribution in [-0.4, -0.2) is 25.3 Å². The van der Waals surface area contributed by atoms with Gasteiger partial charge in [0.1, 0.15) is 11.6 Å². The summed E-state index contributed by atoms with van der Waals surface area (Å²) < 4.78 is 29.2. The molecule has 0 aromatic heterocycles. The first-order chi connectivity index (χ1) is 12.1. The maximum Gasteiger partial charge on any atom is 0.260 e. The molecular formula is C19H20FNO4. The number of carbonyl (C=O) groups excluding carboxylic acids is 1. The third-order valence-corrected chi connectivity index (χ3v) is 3.86. The van der Waals surface area contributed by atoms with E-state index in [1.54, 1.807) is 31.2 Å². The van der Waals surface area contributed by atoms with Crippen LogP contribution in [0.2, 0.25) is 0 Å². The molecule has 0 spiro atoms. The Hall–Kier alpha value is -2.76. The molecule has 0 bridgehead atoms. The Labute approximate surface area is 145 Å². The Bertz CT molecular complexity index is 750. The highest BCUT2D eigenvalue weighted by Gasteiger charge is 2.17. The lowest BCUT2D eigenvalue weighted by molar-refractivity contribution is -0.127. The van der Waals surface area contributed by atoms with E-state index < -0.39 is 6.10 Å². The van der Waals surface area contributed by atoms with E-state index in [9.17, 15) is 9.18 Å². The fourth-order valence-electron chi connectivity index (χ4n) is 2.55. The van der Waals surface area contributed by atoms with Crippen molar-refractivity contribution in [1.82, 2.24) is 5.32 Å². The SMILES string of the molecule is C[C@@H](Oc1ccc2c(c1)OCO2)C(=O)NCCCc1cccc(F)c1. The van der Waals surface area contributed by atoms with Gasteiger partial charge in [0.05, 0.1) is 0 Å². The van der Waals surface area contributed by atoms with Gasteiger partial charge in [0.15, 0.2) is 17.6 Å². The number of aryl methyl sites for hydroxylation is 1. The molecule has 0 radical (unpaired) electrons. The predicted octanol–water partition coefficient (Wildman–Crippen LogP) is 3.07. The van der Waals surface area contributed by atoms with Crippen LogP contribution in [0.5, 0.6) is 17.2 Å². The van der Waals surface area contributed by atoms with Crippen molar-refractivity contribution >= 4 is 5.91 Å². The van der Waals surface area contributed by atoms with Gasteiger partial charge >= 0.3 is 0 Å². The smallest absolute Gasteiger partial charge is 0.260 e. The van der Waals surface area contributed by atoms with E-state index >= 15 is 0 Å². The van der Waals surface area contributed by atoms with E-state index in [1.165, 1.54) is 12.1 Å². The van der Waals surface area contributed by atoms with Gasteiger partial charge in [0.2, 0.25) is 6.79 Å². The van der Waals surface area contributed by atoms with Gasteiger partial charge in [0, 0.05) is 12.6 Å². The fraction of sp³-hybridized carbons (Fsp3) is 0.316. The van der Waals surface area contributed by atoms with Crippen LogP contribution in [0.25, 0.3) is 0 Å². The molecule has 132 valence electrons. The fourth-order valence-corrected chi connectivity index (χ4v) is 2.55. The average Bonchev–Trinajstić information content (AvgIpc) is 3.06. The van der Waals surface area contributed by atoms with Crippen LogP contribution in [0.3, 0.4) is 0 Å². The number of carbonyl (C=O) groups is 1. The van der Waals surface area contributed by atoms with Crippen molar-refractivity contribution in [2.24, 2.45) is 0 Å². The minimum atomic E-state index is -0.630. The highest BCUT2D eigenvalue weighted by atomic mass is 19.1. The summed E-state index contributed by atoms with van der Waals surface area (Å²) in [4.78, 5) is 12.1. The Kier molecular flexibility index (Phi) is 5.38. The van der Waals surface area contributed by atoms with Gasteiger partial charge < -0.3 is 19.5 Å². The second kappa shape index (κ2) is 7.88. The van der Waals surface area contributed by atoms with E-state index in [-0.39, 0.29) is 18.5 Å². The van der Waals surface area contributed by atoms with Crippen molar-refractivity contribution in [3.8, 4) is 17.2 Å². The topological polar surface area (TPSA) is 56.8 Å². The van der Waals surface area contributed by atoms with Crippen LogP contribution in [0.15, 0.2) is 42.5 Å². The van der Waals surface area contributed by atoms with Gasteiger partial charge in [-0.1, -0.05) is 12.1 Å². The molecule has 2 aromatic rings. The van der Waals surface area contributed by atoms with Gasteiger partial charge in [-0.2, -0.15) is 0 Å². The zero-order valence-electron chi connectivity index (χ0n) is 14.0. The van der Waals surface area contributed by atoms with Crippen LogP contribution in [0.4, 0.5) is 4.39 Å². The number of amides is 1. The number of ether oxygens (including phenoxy) is 3. The largest absolute Gasteiger partial charge is 0.481 e. The molecule has 0 unspecified atom stereocenters. The Morgan fingerprint density at radius 3 is 2.92 bits per heavy atom. The summed E-state index contributed by atoms with van der Waals surface area (Å²) in [5.41, 5.74) is 0.916. The van der Waals surface area contributed by atoms with E-state index in [0.29, 0.717) is 30.2 Å². The third-order valence-electron chi connectivity index (χ3n) is 3.86. The summed E-state index contributed by atoms with van der Waals surface area (Å²) >= 11 is 0. The Morgan fingerprint density at radius 1 is 1.24 bits per heavy atom. The molecule has 0 fully saturated rings. The van der Waals surface area contributed by atoms with E-state index in [2.05, 4.69) is 5.32 Å². The number of fused-ring (bicyclic) bond motifs is 1. The summed E-state index contributed by atoms with van der Waals surface area (Å²) in [6.45, 7) is 2.39. The summed E-state index contributed by atoms with van der Waals surface area (Å²) in [6, 6.07) is 11.7. The van der Waals surface area contributed by atoms with Crippen molar-refractivity contribution in [2.45, 2.75) is 25.9 Å². The molecule has 1 N–H and O–H groups in total. The number of benzene rings is 2. The monoisotopic (exact) mass is 345 g/mol. The van der Waals surface area contributed by atoms with Crippen molar-refractivity contribution in [3.63, 3.8) is 0 Å². The first-order valence-corrected chi connectivity index (χ1v) is 8.20. The van der Waals surface area contributed by atoms with Gasteiger partial charge in [-0.15, -0.1) is 0 Å². The second-order valence-corrected chi connectivity index (χ2v) is 5.80. The average molecular weight is 345 g/mol. The van der Waals surface area contributed by atoms with E-state index in [1.807, 2.05) is 6.07 Å². The minimum Gasteiger partial charge on any atom is -0.481 e. The maximum atomic E-state index is 13.1. The van der Waals surface area contributed by atoms with Crippen molar-refractivity contribution < 1.29 is 23.4 Å². The van der Waals surface area contributed by atoms with E-state index in [0.717, 1.165) is 12.0 Å². The Balaban J connectivity index is 1.42. The first kappa shape index (κ1) is 17.1. The summed E-state index contributed by atoms with van der Waals surface area (Å²) in [5.74, 6) is 1.39. The van der Waals surface area contributed by atoms with Crippen molar-refractivity contribution in [2.75, 3.05) is 13.3 Å². The molecule has 2 aromatic carbocycles. The highest BCUT2D eigenvalue weighted by Crippen LogP contribution is 2.35. The molecule has 1 atom stereocenters. The van der Waals surface area contributed by atoms with E-state index in [4.69, 9.17) is 14.2 Å². The quantitative estimate of drug-likeness (QED) is 0.784. The maximum absolute atomic E-state index is 13.1. The lowest BCUT2D eigenvalue weighted by Crippen LogP contribution is -2.36. The molecule has 25 heavy (non-hydrogen) atoms. The number of hydrogen-bond donors (Lipinski definition) is 1. The summed E-state index contributed by atoms with van der Waals surface area (Å²) in [5, 5.41) is 2.83. The van der Waals surface area contributed by atoms with Gasteiger partial charge in [-0.3, -0.25) is 4.79 Å². The number of rotatable bonds is 7. The number of hydrogen-bond acceptors (Lipinski definition) is 4. The molecule has 0 saturated heterocycles. The molecule has 1 amide bonds. The molecule has 0 aliphatic carbocycles. The molecule has 1 aliphatic heterocycles. The Morgan fingerprint density at radius 2 is 2.08 bits per heavy atom. The second-order valence-electron chi connectivity index (χ2n) is 5.80. The van der Waals surface area contributed by atoms with Gasteiger partial charge in [-0.25, -0.2) is 4.39 Å². The molecule has 1 heterocycles. The van der Waals surface area contributed by atoms with Gasteiger partial charge in [0.25, 0.3) is 5.91 Å². The normalized spacial score (nSPS) is 13.4. The molecule has 0 saturated carbocycles. The lowest BCUT2D eigenvalue weighted by atomic mass is 10.1. The minimum absolute atomic E-state index is 0.195.